The molecule has 2 aromatic carbocycles. The fourth-order valence-electron chi connectivity index (χ4n) is 3.21. The maximum absolute atomic E-state index is 13.4. The third-order valence-corrected chi connectivity index (χ3v) is 5.22. The van der Waals surface area contributed by atoms with E-state index in [-0.39, 0.29) is 23.0 Å². The maximum Gasteiger partial charge on any atom is 0.326 e. The van der Waals surface area contributed by atoms with E-state index in [0.29, 0.717) is 22.7 Å². The van der Waals surface area contributed by atoms with E-state index in [1.165, 1.54) is 13.3 Å². The van der Waals surface area contributed by atoms with Crippen molar-refractivity contribution in [2.24, 2.45) is 0 Å². The number of halogens is 2. The van der Waals surface area contributed by atoms with Gasteiger partial charge in [0.15, 0.2) is 0 Å². The second-order valence-electron chi connectivity index (χ2n) is 6.78. The van der Waals surface area contributed by atoms with Crippen molar-refractivity contribution < 1.29 is 14.3 Å². The first-order valence-corrected chi connectivity index (χ1v) is 10.1. The van der Waals surface area contributed by atoms with Crippen molar-refractivity contribution in [1.82, 2.24) is 9.97 Å². The molecule has 0 saturated carbocycles. The van der Waals surface area contributed by atoms with Gasteiger partial charge < -0.3 is 14.8 Å². The lowest BCUT2D eigenvalue weighted by molar-refractivity contribution is 0.256. The second kappa shape index (κ2) is 9.85. The molecule has 31 heavy (non-hydrogen) atoms. The largest absolute Gasteiger partial charge is 0.497 e. The number of rotatable bonds is 6. The fourth-order valence-corrected chi connectivity index (χ4v) is 3.58. The van der Waals surface area contributed by atoms with Crippen LogP contribution < -0.4 is 19.7 Å². The van der Waals surface area contributed by atoms with Gasteiger partial charge in [-0.15, -0.1) is 0 Å². The van der Waals surface area contributed by atoms with Gasteiger partial charge in [0, 0.05) is 17.8 Å². The number of amides is 2. The van der Waals surface area contributed by atoms with Crippen LogP contribution in [0.2, 0.25) is 10.4 Å². The Balaban J connectivity index is 2.01. The molecule has 1 heterocycles. The number of para-hydroxylation sites is 1. The molecule has 3 aromatic rings. The summed E-state index contributed by atoms with van der Waals surface area (Å²) in [5.74, 6) is 1.09. The van der Waals surface area contributed by atoms with Crippen LogP contribution in [0.25, 0.3) is 0 Å². The summed E-state index contributed by atoms with van der Waals surface area (Å²) in [6.07, 6.45) is 1.51. The molecule has 0 atom stereocenters. The van der Waals surface area contributed by atoms with Crippen molar-refractivity contribution in [2.75, 3.05) is 24.4 Å². The number of methoxy groups -OCH3 is 2. The number of hydrogen-bond donors (Lipinski definition) is 1. The number of nitrogens with one attached hydrogen (secondary N) is 1. The molecule has 162 valence electrons. The Hall–Kier alpha value is -3.03. The Morgan fingerprint density at radius 3 is 2.42 bits per heavy atom. The molecule has 9 heteroatoms. The molecule has 0 aliphatic rings. The van der Waals surface area contributed by atoms with Gasteiger partial charge in [-0.25, -0.2) is 14.8 Å². The van der Waals surface area contributed by atoms with Crippen molar-refractivity contribution in [3.05, 3.63) is 69.7 Å². The molecule has 0 aliphatic carbocycles. The number of urea groups is 1. The molecular formula is C22H22Cl2N4O3. The van der Waals surface area contributed by atoms with Gasteiger partial charge in [0.05, 0.1) is 32.1 Å². The summed E-state index contributed by atoms with van der Waals surface area (Å²) in [5.41, 5.74) is 3.69. The first-order valence-electron chi connectivity index (χ1n) is 9.37. The third-order valence-electron chi connectivity index (χ3n) is 4.72. The fraction of sp³-hybridized carbons (Fsp3) is 0.227. The second-order valence-corrected chi connectivity index (χ2v) is 7.47. The minimum atomic E-state index is -0.369. The minimum Gasteiger partial charge on any atom is -0.497 e. The number of aromatic nitrogens is 2. The van der Waals surface area contributed by atoms with Crippen LogP contribution in [0.3, 0.4) is 0 Å². The maximum atomic E-state index is 13.4. The van der Waals surface area contributed by atoms with Crippen molar-refractivity contribution in [1.29, 1.82) is 0 Å². The number of carbonyl (C=O) groups is 1. The van der Waals surface area contributed by atoms with Gasteiger partial charge in [-0.3, -0.25) is 4.90 Å². The number of benzene rings is 2. The molecule has 0 aliphatic heterocycles. The van der Waals surface area contributed by atoms with Gasteiger partial charge in [-0.05, 0) is 48.7 Å². The van der Waals surface area contributed by atoms with Gasteiger partial charge in [-0.1, -0.05) is 29.8 Å². The van der Waals surface area contributed by atoms with Crippen LogP contribution in [-0.4, -0.2) is 30.2 Å². The highest BCUT2D eigenvalue weighted by Gasteiger charge is 2.23. The lowest BCUT2D eigenvalue weighted by Crippen LogP contribution is -2.36. The zero-order chi connectivity index (χ0) is 22.5. The van der Waals surface area contributed by atoms with Crippen LogP contribution in [0.15, 0.2) is 42.6 Å². The summed E-state index contributed by atoms with van der Waals surface area (Å²) in [6, 6.07) is 10.6. The summed E-state index contributed by atoms with van der Waals surface area (Å²) < 4.78 is 10.6. The number of hydrogen-bond acceptors (Lipinski definition) is 5. The SMILES string of the molecule is COc1ccc(NC(=O)N(Cc2cnc(Cl)nc2Cl)c2c(C)cccc2C)c(OC)c1. The molecule has 1 aromatic heterocycles. The number of aryl methyl sites for hydroxylation is 2. The van der Waals surface area contributed by atoms with E-state index < -0.39 is 0 Å². The highest BCUT2D eigenvalue weighted by atomic mass is 35.5. The summed E-state index contributed by atoms with van der Waals surface area (Å²) in [5, 5.41) is 3.14. The molecule has 3 rings (SSSR count). The van der Waals surface area contributed by atoms with Crippen LogP contribution >= 0.6 is 23.2 Å². The average molecular weight is 461 g/mol. The zero-order valence-electron chi connectivity index (χ0n) is 17.6. The Morgan fingerprint density at radius 1 is 1.10 bits per heavy atom. The normalized spacial score (nSPS) is 10.5. The summed E-state index contributed by atoms with van der Waals surface area (Å²) in [4.78, 5) is 23.0. The van der Waals surface area contributed by atoms with Gasteiger partial charge in [0.1, 0.15) is 16.7 Å². The molecule has 0 bridgehead atoms. The van der Waals surface area contributed by atoms with Gasteiger partial charge in [0.25, 0.3) is 0 Å². The number of anilines is 2. The van der Waals surface area contributed by atoms with Gasteiger partial charge >= 0.3 is 6.03 Å². The summed E-state index contributed by atoms with van der Waals surface area (Å²) >= 11 is 12.1. The summed E-state index contributed by atoms with van der Waals surface area (Å²) in [6.45, 7) is 4.03. The van der Waals surface area contributed by atoms with E-state index in [2.05, 4.69) is 15.3 Å². The van der Waals surface area contributed by atoms with Crippen molar-refractivity contribution >= 4 is 40.6 Å². The number of ether oxygens (including phenoxy) is 2. The number of nitrogens with zero attached hydrogens (tertiary/aromatic N) is 3. The Labute approximate surface area is 190 Å². The average Bonchev–Trinajstić information content (AvgIpc) is 2.74. The van der Waals surface area contributed by atoms with Crippen molar-refractivity contribution in [2.45, 2.75) is 20.4 Å². The van der Waals surface area contributed by atoms with Gasteiger partial charge in [-0.2, -0.15) is 0 Å². The van der Waals surface area contributed by atoms with E-state index in [1.807, 2.05) is 32.0 Å². The highest BCUT2D eigenvalue weighted by Crippen LogP contribution is 2.32. The lowest BCUT2D eigenvalue weighted by atomic mass is 10.1. The molecule has 0 fully saturated rings. The predicted octanol–water partition coefficient (Wildman–Crippen LogP) is 5.66. The van der Waals surface area contributed by atoms with Crippen LogP contribution in [-0.2, 0) is 6.54 Å². The molecule has 0 radical (unpaired) electrons. The Morgan fingerprint density at radius 2 is 1.81 bits per heavy atom. The highest BCUT2D eigenvalue weighted by molar-refractivity contribution is 6.32. The Bertz CT molecular complexity index is 1090. The third kappa shape index (κ3) is 5.18. The van der Waals surface area contributed by atoms with E-state index in [4.69, 9.17) is 32.7 Å². The number of carbonyl (C=O) groups excluding carboxylic acids is 1. The van der Waals surface area contributed by atoms with E-state index in [9.17, 15) is 4.79 Å². The van der Waals surface area contributed by atoms with Crippen molar-refractivity contribution in [3.63, 3.8) is 0 Å². The monoisotopic (exact) mass is 460 g/mol. The predicted molar refractivity (Wildman–Crippen MR) is 123 cm³/mol. The van der Waals surface area contributed by atoms with Crippen LogP contribution in [0.5, 0.6) is 11.5 Å². The molecule has 7 nitrogen and oxygen atoms in total. The molecular weight excluding hydrogens is 439 g/mol. The topological polar surface area (TPSA) is 76.6 Å². The van der Waals surface area contributed by atoms with Crippen LogP contribution in [0, 0.1) is 13.8 Å². The molecule has 1 N–H and O–H groups in total. The zero-order valence-corrected chi connectivity index (χ0v) is 19.1. The van der Waals surface area contributed by atoms with E-state index >= 15 is 0 Å². The van der Waals surface area contributed by atoms with Crippen LogP contribution in [0.1, 0.15) is 16.7 Å². The molecule has 0 saturated heterocycles. The van der Waals surface area contributed by atoms with Crippen LogP contribution in [0.4, 0.5) is 16.2 Å². The van der Waals surface area contributed by atoms with E-state index in [0.717, 1.165) is 16.8 Å². The molecule has 2 amide bonds. The standard InChI is InChI=1S/C22H22Cl2N4O3/c1-13-6-5-7-14(2)19(13)28(12-15-11-25-21(24)27-20(15)23)22(29)26-17-9-8-16(30-3)10-18(17)31-4/h5-11H,12H2,1-4H3,(H,26,29). The quantitative estimate of drug-likeness (QED) is 0.379. The first kappa shape index (κ1) is 22.7. The van der Waals surface area contributed by atoms with Gasteiger partial charge in [0.2, 0.25) is 5.28 Å². The van der Waals surface area contributed by atoms with Crippen molar-refractivity contribution in [3.8, 4) is 11.5 Å². The Kier molecular flexibility index (Phi) is 7.20. The minimum absolute atomic E-state index is 0.0415. The molecule has 0 unspecified atom stereocenters. The first-order chi connectivity index (χ1) is 14.8. The summed E-state index contributed by atoms with van der Waals surface area (Å²) in [7, 11) is 3.09. The smallest absolute Gasteiger partial charge is 0.326 e. The lowest BCUT2D eigenvalue weighted by Gasteiger charge is -2.27. The molecule has 0 spiro atoms. The van der Waals surface area contributed by atoms with E-state index in [1.54, 1.807) is 30.2 Å².